The van der Waals surface area contributed by atoms with Gasteiger partial charge in [-0.2, -0.15) is 4.31 Å². The highest BCUT2D eigenvalue weighted by molar-refractivity contribution is 8.01. The molecule has 1 fully saturated rings. The molecule has 3 rings (SSSR count). The fourth-order valence-electron chi connectivity index (χ4n) is 2.62. The molecule has 0 bridgehead atoms. The Labute approximate surface area is 153 Å². The third-order valence-corrected chi connectivity index (χ3v) is 7.13. The van der Waals surface area contributed by atoms with Gasteiger partial charge in [-0.05, 0) is 23.8 Å². The second-order valence-electron chi connectivity index (χ2n) is 5.44. The molecule has 0 aromatic heterocycles. The van der Waals surface area contributed by atoms with Crippen LogP contribution < -0.4 is 0 Å². The van der Waals surface area contributed by atoms with E-state index in [4.69, 9.17) is 0 Å². The van der Waals surface area contributed by atoms with E-state index in [-0.39, 0.29) is 22.8 Å². The number of nitrogens with zero attached hydrogens (tertiary/aromatic N) is 3. The number of rotatable bonds is 5. The van der Waals surface area contributed by atoms with Gasteiger partial charge in [-0.15, -0.1) is 11.8 Å². The van der Waals surface area contributed by atoms with Crippen molar-refractivity contribution in [2.75, 3.05) is 12.3 Å². The average Bonchev–Trinajstić information content (AvgIpc) is 3.12. The number of nitro benzene ring substituents is 2. The first-order valence-corrected chi connectivity index (χ1v) is 9.92. The average molecular weight is 395 g/mol. The molecular formula is C15H13N3O6S2. The van der Waals surface area contributed by atoms with Gasteiger partial charge >= 0.3 is 0 Å². The molecule has 0 amide bonds. The van der Waals surface area contributed by atoms with E-state index in [2.05, 4.69) is 0 Å². The Balaban J connectivity index is 1.95. The number of thioether (sulfide) groups is 1. The lowest BCUT2D eigenvalue weighted by atomic mass is 10.2. The molecule has 0 radical (unpaired) electrons. The van der Waals surface area contributed by atoms with Crippen LogP contribution in [-0.4, -0.2) is 34.9 Å². The topological polar surface area (TPSA) is 124 Å². The van der Waals surface area contributed by atoms with Crippen LogP contribution in [0.2, 0.25) is 0 Å². The summed E-state index contributed by atoms with van der Waals surface area (Å²) in [4.78, 5) is 20.4. The van der Waals surface area contributed by atoms with Crippen LogP contribution in [-0.2, 0) is 10.0 Å². The summed E-state index contributed by atoms with van der Waals surface area (Å²) in [5.41, 5.74) is 0.238. The Bertz CT molecular complexity index is 962. The molecule has 0 aliphatic carbocycles. The minimum absolute atomic E-state index is 0.0789. The van der Waals surface area contributed by atoms with Crippen molar-refractivity contribution in [1.29, 1.82) is 0 Å². The second-order valence-corrected chi connectivity index (χ2v) is 8.52. The van der Waals surface area contributed by atoms with Gasteiger partial charge in [0, 0.05) is 36.6 Å². The number of hydrogen-bond donors (Lipinski definition) is 0. The molecule has 1 atom stereocenters. The Morgan fingerprint density at radius 2 is 1.65 bits per heavy atom. The van der Waals surface area contributed by atoms with E-state index in [1.165, 1.54) is 58.5 Å². The molecule has 0 N–H and O–H groups in total. The van der Waals surface area contributed by atoms with Gasteiger partial charge in [-0.25, -0.2) is 8.42 Å². The van der Waals surface area contributed by atoms with Crippen molar-refractivity contribution >= 4 is 33.2 Å². The van der Waals surface area contributed by atoms with Crippen LogP contribution in [0.15, 0.2) is 53.4 Å². The van der Waals surface area contributed by atoms with Gasteiger partial charge in [-0.3, -0.25) is 20.2 Å². The molecule has 26 heavy (non-hydrogen) atoms. The van der Waals surface area contributed by atoms with Crippen molar-refractivity contribution in [2.24, 2.45) is 0 Å². The summed E-state index contributed by atoms with van der Waals surface area (Å²) in [6.45, 7) is 0.247. The molecular weight excluding hydrogens is 382 g/mol. The molecule has 9 nitrogen and oxygen atoms in total. The maximum atomic E-state index is 12.9. The molecule has 0 saturated carbocycles. The number of sulfonamides is 1. The maximum absolute atomic E-state index is 12.9. The molecule has 11 heteroatoms. The third-order valence-electron chi connectivity index (χ3n) is 3.87. The Morgan fingerprint density at radius 3 is 2.27 bits per heavy atom. The summed E-state index contributed by atoms with van der Waals surface area (Å²) in [5, 5.41) is 21.1. The van der Waals surface area contributed by atoms with Crippen LogP contribution in [0.3, 0.4) is 0 Å². The molecule has 1 unspecified atom stereocenters. The molecule has 1 aliphatic heterocycles. The van der Waals surface area contributed by atoms with E-state index in [1.807, 2.05) is 0 Å². The summed E-state index contributed by atoms with van der Waals surface area (Å²) >= 11 is 1.39. The Kier molecular flexibility index (Phi) is 4.94. The van der Waals surface area contributed by atoms with Crippen molar-refractivity contribution in [1.82, 2.24) is 4.31 Å². The smallest absolute Gasteiger partial charge is 0.258 e. The molecule has 0 spiro atoms. The Hall–Kier alpha value is -2.50. The fourth-order valence-corrected chi connectivity index (χ4v) is 5.90. The van der Waals surface area contributed by atoms with Crippen LogP contribution in [0.4, 0.5) is 11.4 Å². The number of hydrogen-bond acceptors (Lipinski definition) is 7. The zero-order valence-electron chi connectivity index (χ0n) is 13.2. The predicted octanol–water partition coefficient (Wildman–Crippen LogP) is 2.94. The van der Waals surface area contributed by atoms with E-state index < -0.39 is 25.2 Å². The SMILES string of the molecule is O=[N+]([O-])c1ccc(C2SCCN2S(=O)(=O)c2cccc([N+](=O)[O-])c2)cc1. The van der Waals surface area contributed by atoms with Gasteiger partial charge in [0.2, 0.25) is 10.0 Å². The van der Waals surface area contributed by atoms with E-state index in [1.54, 1.807) is 0 Å². The minimum atomic E-state index is -3.94. The summed E-state index contributed by atoms with van der Waals surface area (Å²) in [6.07, 6.45) is 0. The third kappa shape index (κ3) is 3.41. The van der Waals surface area contributed by atoms with Crippen LogP contribution in [0.5, 0.6) is 0 Å². The molecule has 1 saturated heterocycles. The second kappa shape index (κ2) is 7.02. The van der Waals surface area contributed by atoms with E-state index >= 15 is 0 Å². The van der Waals surface area contributed by atoms with Crippen molar-refractivity contribution in [3.63, 3.8) is 0 Å². The lowest BCUT2D eigenvalue weighted by Crippen LogP contribution is -2.30. The van der Waals surface area contributed by atoms with Gasteiger partial charge in [0.05, 0.1) is 20.1 Å². The first-order chi connectivity index (χ1) is 12.3. The van der Waals surface area contributed by atoms with Crippen LogP contribution in [0, 0.1) is 20.2 Å². The lowest BCUT2D eigenvalue weighted by molar-refractivity contribution is -0.385. The van der Waals surface area contributed by atoms with E-state index in [0.717, 1.165) is 6.07 Å². The normalized spacial score (nSPS) is 17.9. The number of benzene rings is 2. The molecule has 1 heterocycles. The summed E-state index contributed by atoms with van der Waals surface area (Å²) in [6, 6.07) is 10.6. The van der Waals surface area contributed by atoms with Crippen LogP contribution in [0.25, 0.3) is 0 Å². The molecule has 1 aliphatic rings. The van der Waals surface area contributed by atoms with Crippen LogP contribution >= 0.6 is 11.8 Å². The van der Waals surface area contributed by atoms with Crippen LogP contribution in [0.1, 0.15) is 10.9 Å². The Morgan fingerprint density at radius 1 is 1.00 bits per heavy atom. The van der Waals surface area contributed by atoms with Gasteiger partial charge < -0.3 is 0 Å². The van der Waals surface area contributed by atoms with Gasteiger partial charge in [0.15, 0.2) is 0 Å². The highest BCUT2D eigenvalue weighted by Gasteiger charge is 2.37. The zero-order chi connectivity index (χ0) is 18.9. The first-order valence-electron chi connectivity index (χ1n) is 7.43. The summed E-state index contributed by atoms with van der Waals surface area (Å²) in [5.74, 6) is 0.551. The van der Waals surface area contributed by atoms with Crippen molar-refractivity contribution in [3.8, 4) is 0 Å². The number of nitro groups is 2. The van der Waals surface area contributed by atoms with E-state index in [9.17, 15) is 28.6 Å². The minimum Gasteiger partial charge on any atom is -0.258 e. The van der Waals surface area contributed by atoms with Gasteiger partial charge in [0.25, 0.3) is 11.4 Å². The van der Waals surface area contributed by atoms with E-state index in [0.29, 0.717) is 11.3 Å². The zero-order valence-corrected chi connectivity index (χ0v) is 14.9. The largest absolute Gasteiger partial charge is 0.270 e. The van der Waals surface area contributed by atoms with Gasteiger partial charge in [0.1, 0.15) is 0 Å². The molecule has 2 aromatic carbocycles. The van der Waals surface area contributed by atoms with Crippen molar-refractivity contribution in [3.05, 3.63) is 74.3 Å². The monoisotopic (exact) mass is 395 g/mol. The number of non-ortho nitro benzene ring substituents is 2. The lowest BCUT2D eigenvalue weighted by Gasteiger charge is -2.23. The summed E-state index contributed by atoms with van der Waals surface area (Å²) in [7, 11) is -3.94. The highest BCUT2D eigenvalue weighted by Crippen LogP contribution is 2.42. The maximum Gasteiger partial charge on any atom is 0.270 e. The predicted molar refractivity (Wildman–Crippen MR) is 95.3 cm³/mol. The van der Waals surface area contributed by atoms with Crippen molar-refractivity contribution < 1.29 is 18.3 Å². The fraction of sp³-hybridized carbons (Fsp3) is 0.200. The molecule has 2 aromatic rings. The standard InChI is InChI=1S/C15H13N3O6S2/c19-17(20)12-6-4-11(5-7-12)15-16(8-9-25-15)26(23,24)14-3-1-2-13(10-14)18(21)22/h1-7,10,15H,8-9H2. The van der Waals surface area contributed by atoms with Gasteiger partial charge in [-0.1, -0.05) is 6.07 Å². The molecule has 136 valence electrons. The quantitative estimate of drug-likeness (QED) is 0.563. The van der Waals surface area contributed by atoms with Crippen molar-refractivity contribution in [2.45, 2.75) is 10.3 Å². The first kappa shape index (κ1) is 18.3. The highest BCUT2D eigenvalue weighted by atomic mass is 32.2. The summed E-state index contributed by atoms with van der Waals surface area (Å²) < 4.78 is 27.2.